The van der Waals surface area contributed by atoms with E-state index in [9.17, 15) is 25.0 Å². The number of nitriles is 1. The number of hydrogen-bond acceptors (Lipinski definition) is 5. The van der Waals surface area contributed by atoms with Crippen molar-refractivity contribution in [3.8, 4) is 6.07 Å². The molecule has 1 unspecified atom stereocenters. The predicted octanol–water partition coefficient (Wildman–Crippen LogP) is 4.02. The average molecular weight is 373 g/mol. The molecule has 138 valence electrons. The van der Waals surface area contributed by atoms with Gasteiger partial charge in [0.15, 0.2) is 11.7 Å². The molecule has 1 atom stereocenters. The van der Waals surface area contributed by atoms with Crippen LogP contribution in [0.15, 0.2) is 60.7 Å². The van der Waals surface area contributed by atoms with E-state index >= 15 is 0 Å². The van der Waals surface area contributed by atoms with Gasteiger partial charge in [-0.1, -0.05) is 48.5 Å². The highest BCUT2D eigenvalue weighted by molar-refractivity contribution is 6.18. The number of nitro groups is 1. The lowest BCUT2D eigenvalue weighted by atomic mass is 9.95. The van der Waals surface area contributed by atoms with E-state index in [4.69, 9.17) is 0 Å². The Morgan fingerprint density at radius 2 is 1.75 bits per heavy atom. The van der Waals surface area contributed by atoms with Gasteiger partial charge in [-0.25, -0.2) is 0 Å². The summed E-state index contributed by atoms with van der Waals surface area (Å²) < 4.78 is 0. The van der Waals surface area contributed by atoms with Crippen molar-refractivity contribution in [2.75, 3.05) is 5.32 Å². The highest BCUT2D eigenvalue weighted by Gasteiger charge is 2.33. The number of ketones is 1. The van der Waals surface area contributed by atoms with Gasteiger partial charge in [0.1, 0.15) is 0 Å². The molecule has 0 saturated heterocycles. The van der Waals surface area contributed by atoms with E-state index in [1.54, 1.807) is 30.3 Å². The van der Waals surface area contributed by atoms with Crippen LogP contribution in [0, 0.1) is 34.3 Å². The number of anilines is 1. The summed E-state index contributed by atoms with van der Waals surface area (Å²) in [4.78, 5) is 36.1. The van der Waals surface area contributed by atoms with Gasteiger partial charge in [-0.15, -0.1) is 0 Å². The first kappa shape index (κ1) is 18.7. The third-order valence-electron chi connectivity index (χ3n) is 4.39. The number of nitrogens with one attached hydrogen (secondary N) is 1. The minimum atomic E-state index is -1.71. The monoisotopic (exact) mass is 373 g/mol. The zero-order chi connectivity index (χ0) is 20.3. The number of carbonyl (C=O) groups excluding carboxylic acids is 2. The Morgan fingerprint density at radius 1 is 1.07 bits per heavy atom. The van der Waals surface area contributed by atoms with Gasteiger partial charge in [0.05, 0.1) is 16.6 Å². The predicted molar refractivity (Wildman–Crippen MR) is 104 cm³/mol. The van der Waals surface area contributed by atoms with Gasteiger partial charge in [-0.2, -0.15) is 5.26 Å². The molecule has 0 radical (unpaired) electrons. The first-order valence-electron chi connectivity index (χ1n) is 8.40. The maximum atomic E-state index is 12.8. The van der Waals surface area contributed by atoms with Gasteiger partial charge < -0.3 is 5.32 Å². The first-order chi connectivity index (χ1) is 13.4. The maximum Gasteiger partial charge on any atom is 0.283 e. The molecule has 1 amide bonds. The van der Waals surface area contributed by atoms with Crippen LogP contribution in [0.5, 0.6) is 0 Å². The second kappa shape index (κ2) is 7.68. The van der Waals surface area contributed by atoms with E-state index in [-0.39, 0.29) is 11.1 Å². The van der Waals surface area contributed by atoms with E-state index < -0.39 is 28.2 Å². The minimum absolute atomic E-state index is 0.260. The van der Waals surface area contributed by atoms with Crippen LogP contribution in [0.4, 0.5) is 11.4 Å². The Labute approximate surface area is 160 Å². The second-order valence-electron chi connectivity index (χ2n) is 6.17. The van der Waals surface area contributed by atoms with Gasteiger partial charge >= 0.3 is 0 Å². The van der Waals surface area contributed by atoms with Crippen LogP contribution in [-0.4, -0.2) is 16.6 Å². The van der Waals surface area contributed by atoms with E-state index in [1.165, 1.54) is 25.1 Å². The fraction of sp³-hybridized carbons (Fsp3) is 0.0952. The van der Waals surface area contributed by atoms with Gasteiger partial charge in [-0.05, 0) is 24.4 Å². The number of nitrogens with zero attached hydrogens (tertiary/aromatic N) is 2. The SMILES string of the molecule is Cc1cccc(C(=O)C(C#N)C(=O)Nc2cccc3ccccc23)c1[N+](=O)[O-]. The van der Waals surface area contributed by atoms with Crippen LogP contribution in [-0.2, 0) is 4.79 Å². The largest absolute Gasteiger partial charge is 0.324 e. The molecule has 0 aliphatic heterocycles. The van der Waals surface area contributed by atoms with Crippen LogP contribution in [0.25, 0.3) is 10.8 Å². The number of rotatable bonds is 5. The summed E-state index contributed by atoms with van der Waals surface area (Å²) in [6, 6.07) is 18.5. The lowest BCUT2D eigenvalue weighted by Crippen LogP contribution is -2.29. The van der Waals surface area contributed by atoms with E-state index in [0.29, 0.717) is 5.69 Å². The highest BCUT2D eigenvalue weighted by Crippen LogP contribution is 2.27. The molecule has 1 N–H and O–H groups in total. The topological polar surface area (TPSA) is 113 Å². The number of aryl methyl sites for hydroxylation is 1. The van der Waals surface area contributed by atoms with Crippen LogP contribution >= 0.6 is 0 Å². The molecule has 0 aromatic heterocycles. The highest BCUT2D eigenvalue weighted by atomic mass is 16.6. The number of amides is 1. The van der Waals surface area contributed by atoms with Crippen molar-refractivity contribution < 1.29 is 14.5 Å². The molecule has 7 nitrogen and oxygen atoms in total. The van der Waals surface area contributed by atoms with Crippen molar-refractivity contribution >= 4 is 33.8 Å². The lowest BCUT2D eigenvalue weighted by molar-refractivity contribution is -0.385. The molecule has 3 rings (SSSR count). The summed E-state index contributed by atoms with van der Waals surface area (Å²) >= 11 is 0. The first-order valence-corrected chi connectivity index (χ1v) is 8.40. The van der Waals surface area contributed by atoms with Crippen LogP contribution in [0.1, 0.15) is 15.9 Å². The van der Waals surface area contributed by atoms with Crippen LogP contribution in [0.2, 0.25) is 0 Å². The minimum Gasteiger partial charge on any atom is -0.324 e. The fourth-order valence-electron chi connectivity index (χ4n) is 3.03. The summed E-state index contributed by atoms with van der Waals surface area (Å²) in [5, 5.41) is 25.0. The maximum absolute atomic E-state index is 12.8. The zero-order valence-electron chi connectivity index (χ0n) is 14.9. The molecule has 0 fully saturated rings. The van der Waals surface area contributed by atoms with Crippen molar-refractivity contribution in [1.82, 2.24) is 0 Å². The summed E-state index contributed by atoms with van der Waals surface area (Å²) in [5.41, 5.74) is 0.0761. The summed E-state index contributed by atoms with van der Waals surface area (Å²) in [6.07, 6.45) is 0. The van der Waals surface area contributed by atoms with Crippen molar-refractivity contribution in [3.05, 3.63) is 81.9 Å². The number of hydrogen-bond donors (Lipinski definition) is 1. The van der Waals surface area contributed by atoms with E-state index in [2.05, 4.69) is 5.32 Å². The molecule has 0 saturated carbocycles. The Bertz CT molecular complexity index is 1140. The molecule has 3 aromatic carbocycles. The lowest BCUT2D eigenvalue weighted by Gasteiger charge is -2.12. The normalized spacial score (nSPS) is 11.4. The Balaban J connectivity index is 1.95. The number of nitro benzene ring substituents is 1. The summed E-state index contributed by atoms with van der Waals surface area (Å²) in [6.45, 7) is 1.49. The summed E-state index contributed by atoms with van der Waals surface area (Å²) in [5.74, 6) is -3.45. The fourth-order valence-corrected chi connectivity index (χ4v) is 3.03. The van der Waals surface area contributed by atoms with E-state index in [0.717, 1.165) is 10.8 Å². The Morgan fingerprint density at radius 3 is 2.46 bits per heavy atom. The molecule has 28 heavy (non-hydrogen) atoms. The smallest absolute Gasteiger partial charge is 0.283 e. The van der Waals surface area contributed by atoms with Gasteiger partial charge in [0.25, 0.3) is 5.69 Å². The third-order valence-corrected chi connectivity index (χ3v) is 4.39. The van der Waals surface area contributed by atoms with Crippen molar-refractivity contribution in [2.24, 2.45) is 5.92 Å². The van der Waals surface area contributed by atoms with Crippen molar-refractivity contribution in [1.29, 1.82) is 5.26 Å². The number of carbonyl (C=O) groups is 2. The second-order valence-corrected chi connectivity index (χ2v) is 6.17. The van der Waals surface area contributed by atoms with Crippen molar-refractivity contribution in [2.45, 2.75) is 6.92 Å². The molecular formula is C21H15N3O4. The molecule has 7 heteroatoms. The van der Waals surface area contributed by atoms with Crippen LogP contribution < -0.4 is 5.32 Å². The Hall–Kier alpha value is -4.05. The van der Waals surface area contributed by atoms with Crippen LogP contribution in [0.3, 0.4) is 0 Å². The van der Waals surface area contributed by atoms with Crippen molar-refractivity contribution in [3.63, 3.8) is 0 Å². The molecule has 0 aliphatic rings. The quantitative estimate of drug-likeness (QED) is 0.314. The molecule has 3 aromatic rings. The standard InChI is InChI=1S/C21H15N3O4/c1-13-6-4-10-16(19(13)24(27)28)20(25)17(12-22)21(26)23-18-11-5-8-14-7-2-3-9-15(14)18/h2-11,17H,1H3,(H,23,26). The molecule has 0 aliphatic carbocycles. The molecular weight excluding hydrogens is 358 g/mol. The molecule has 0 heterocycles. The number of Topliss-reactive ketones (excluding diaryl/α,β-unsaturated/α-hetero) is 1. The number of fused-ring (bicyclic) bond motifs is 1. The average Bonchev–Trinajstić information content (AvgIpc) is 2.68. The van der Waals surface area contributed by atoms with Gasteiger partial charge in [-0.3, -0.25) is 19.7 Å². The molecule has 0 spiro atoms. The zero-order valence-corrected chi connectivity index (χ0v) is 14.9. The third kappa shape index (κ3) is 3.44. The molecule has 0 bridgehead atoms. The number of benzene rings is 3. The van der Waals surface area contributed by atoms with Gasteiger partial charge in [0, 0.05) is 16.6 Å². The Kier molecular flexibility index (Phi) is 5.14. The van der Waals surface area contributed by atoms with Gasteiger partial charge in [0.2, 0.25) is 5.91 Å². The van der Waals surface area contributed by atoms with E-state index in [1.807, 2.05) is 18.2 Å². The summed E-state index contributed by atoms with van der Waals surface area (Å²) in [7, 11) is 0. The number of para-hydroxylation sites is 1.